The van der Waals surface area contributed by atoms with E-state index in [9.17, 15) is 0 Å². The number of carbonyl (C=O) groups excluding carboxylic acids is 2. The summed E-state index contributed by atoms with van der Waals surface area (Å²) in [5.41, 5.74) is 10.2. The highest BCUT2D eigenvalue weighted by atomic mass is 32.1. The lowest BCUT2D eigenvalue weighted by atomic mass is 9.74. The van der Waals surface area contributed by atoms with Crippen molar-refractivity contribution in [2.24, 2.45) is 0 Å². The number of hydrogen-bond acceptors (Lipinski definition) is 4. The minimum atomic E-state index is -0.490. The Balaban J connectivity index is 1.15. The molecule has 0 N–H and O–H groups in total. The highest BCUT2D eigenvalue weighted by Crippen LogP contribution is 2.57. The summed E-state index contributed by atoms with van der Waals surface area (Å²) in [6.07, 6.45) is 27.5. The van der Waals surface area contributed by atoms with Gasteiger partial charge in [-0.05, 0) is 93.2 Å². The Morgan fingerprint density at radius 1 is 0.518 bits per heavy atom. The monoisotopic (exact) mass is 784 g/mol. The second-order valence-electron chi connectivity index (χ2n) is 16.8. The third kappa shape index (κ3) is 9.18. The van der Waals surface area contributed by atoms with Crippen molar-refractivity contribution in [3.8, 4) is 20.9 Å². The van der Waals surface area contributed by atoms with Crippen LogP contribution in [0.3, 0.4) is 0 Å². The zero-order valence-electron chi connectivity index (χ0n) is 34.3. The average molecular weight is 785 g/mol. The number of rotatable bonds is 24. The Hall–Kier alpha value is -3.34. The molecule has 2 aromatic heterocycles. The van der Waals surface area contributed by atoms with Crippen LogP contribution in [0.2, 0.25) is 0 Å². The lowest BCUT2D eigenvalue weighted by Gasteiger charge is -2.26. The largest absolute Gasteiger partial charge is 0.293 e. The van der Waals surface area contributed by atoms with Crippen LogP contribution in [-0.2, 0) is 9.59 Å². The Labute approximate surface area is 345 Å². The predicted octanol–water partition coefficient (Wildman–Crippen LogP) is 16.3. The molecular formula is C52H64O2S2. The molecule has 4 aromatic rings. The maximum atomic E-state index is 15.3. The molecule has 2 heterocycles. The lowest BCUT2D eigenvalue weighted by Crippen LogP contribution is -2.28. The van der Waals surface area contributed by atoms with Crippen molar-refractivity contribution in [3.63, 3.8) is 0 Å². The SMILES string of the molecule is CCCCCCCCCCCCC1=C2C(=O)C3=C(C(=O)C2c2cc(-c4cccs4)ccc21)C(CCCCCCCCCCCC)c1ccc(-c2cccs2)cc13. The van der Waals surface area contributed by atoms with Gasteiger partial charge in [0.2, 0.25) is 0 Å². The number of Topliss-reactive ketones (excluding diaryl/α,β-unsaturated/α-hetero) is 2. The van der Waals surface area contributed by atoms with Crippen LogP contribution in [0.25, 0.3) is 32.0 Å². The molecule has 0 amide bonds. The normalized spacial score (nSPS) is 17.2. The number of hydrogen-bond donors (Lipinski definition) is 0. The van der Waals surface area contributed by atoms with Crippen LogP contribution < -0.4 is 0 Å². The lowest BCUT2D eigenvalue weighted by molar-refractivity contribution is -0.119. The van der Waals surface area contributed by atoms with Gasteiger partial charge in [0, 0.05) is 32.4 Å². The van der Waals surface area contributed by atoms with Crippen LogP contribution in [0.1, 0.15) is 189 Å². The third-order valence-electron chi connectivity index (χ3n) is 12.9. The van der Waals surface area contributed by atoms with Crippen molar-refractivity contribution < 1.29 is 9.59 Å². The van der Waals surface area contributed by atoms with Gasteiger partial charge in [-0.15, -0.1) is 22.7 Å². The van der Waals surface area contributed by atoms with Gasteiger partial charge in [-0.1, -0.05) is 172 Å². The summed E-state index contributed by atoms with van der Waals surface area (Å²) in [5, 5.41) is 4.24. The van der Waals surface area contributed by atoms with Crippen molar-refractivity contribution in [1.82, 2.24) is 0 Å². The Bertz CT molecular complexity index is 1970. The van der Waals surface area contributed by atoms with Crippen LogP contribution >= 0.6 is 22.7 Å². The highest BCUT2D eigenvalue weighted by Gasteiger charge is 2.51. The molecule has 0 saturated carbocycles. The van der Waals surface area contributed by atoms with Crippen molar-refractivity contribution >= 4 is 45.4 Å². The van der Waals surface area contributed by atoms with Crippen molar-refractivity contribution in [2.75, 3.05) is 0 Å². The minimum absolute atomic E-state index is 0.0145. The fourth-order valence-electron chi connectivity index (χ4n) is 9.86. The van der Waals surface area contributed by atoms with E-state index in [4.69, 9.17) is 0 Å². The summed E-state index contributed by atoms with van der Waals surface area (Å²) in [7, 11) is 0. The number of carbonyl (C=O) groups is 2. The molecule has 7 rings (SSSR count). The molecule has 56 heavy (non-hydrogen) atoms. The Morgan fingerprint density at radius 3 is 1.62 bits per heavy atom. The molecule has 0 radical (unpaired) electrons. The first-order chi connectivity index (χ1) is 27.6. The molecule has 296 valence electrons. The van der Waals surface area contributed by atoms with Gasteiger partial charge in [0.15, 0.2) is 11.6 Å². The molecule has 0 saturated heterocycles. The second kappa shape index (κ2) is 20.4. The number of ketones is 2. The number of fused-ring (bicyclic) bond motifs is 5. The van der Waals surface area contributed by atoms with Crippen molar-refractivity contribution in [1.29, 1.82) is 0 Å². The first-order valence-corrected chi connectivity index (χ1v) is 24.3. The molecule has 2 unspecified atom stereocenters. The summed E-state index contributed by atoms with van der Waals surface area (Å²) in [4.78, 5) is 33.0. The maximum Gasteiger partial charge on any atom is 0.191 e. The third-order valence-corrected chi connectivity index (χ3v) is 14.7. The quantitative estimate of drug-likeness (QED) is 0.0663. The summed E-state index contributed by atoms with van der Waals surface area (Å²) in [6.45, 7) is 4.56. The molecular weight excluding hydrogens is 721 g/mol. The van der Waals surface area contributed by atoms with Gasteiger partial charge in [-0.2, -0.15) is 0 Å². The zero-order chi connectivity index (χ0) is 38.7. The van der Waals surface area contributed by atoms with Crippen LogP contribution in [0.5, 0.6) is 0 Å². The zero-order valence-corrected chi connectivity index (χ0v) is 35.9. The maximum absolute atomic E-state index is 15.3. The molecule has 2 atom stereocenters. The van der Waals surface area contributed by atoms with E-state index in [1.165, 1.54) is 131 Å². The van der Waals surface area contributed by atoms with E-state index in [1.807, 2.05) is 0 Å². The van der Waals surface area contributed by atoms with Crippen molar-refractivity contribution in [3.05, 3.63) is 105 Å². The minimum Gasteiger partial charge on any atom is -0.293 e. The van der Waals surface area contributed by atoms with Gasteiger partial charge < -0.3 is 0 Å². The van der Waals surface area contributed by atoms with Gasteiger partial charge >= 0.3 is 0 Å². The van der Waals surface area contributed by atoms with E-state index in [1.54, 1.807) is 22.7 Å². The fourth-order valence-corrected chi connectivity index (χ4v) is 11.3. The molecule has 0 fully saturated rings. The van der Waals surface area contributed by atoms with E-state index < -0.39 is 5.92 Å². The van der Waals surface area contributed by atoms with Crippen LogP contribution in [0.15, 0.2) is 82.6 Å². The van der Waals surface area contributed by atoms with E-state index in [-0.39, 0.29) is 17.5 Å². The summed E-state index contributed by atoms with van der Waals surface area (Å²) in [6, 6.07) is 21.9. The molecule has 2 nitrogen and oxygen atoms in total. The summed E-state index contributed by atoms with van der Waals surface area (Å²) < 4.78 is 0. The standard InChI is InChI=1S/C52H64O2S2/c1-3-5-7-9-11-13-15-17-19-21-25-41-39-31-29-37(45-27-23-33-55-45)35-43(39)49-47(41)51(53)50-44-36-38(46-28-24-34-56-46)30-32-40(44)42(48(50)52(49)54)26-22-20-18-16-14-12-10-8-6-4-2/h23-24,27-36,41,50H,3-22,25-26H2,1-2H3. The van der Waals surface area contributed by atoms with Gasteiger partial charge in [-0.25, -0.2) is 0 Å². The van der Waals surface area contributed by atoms with E-state index in [0.717, 1.165) is 75.8 Å². The van der Waals surface area contributed by atoms with Crippen LogP contribution in [0, 0.1) is 0 Å². The first-order valence-electron chi connectivity index (χ1n) is 22.5. The number of benzene rings is 2. The van der Waals surface area contributed by atoms with Gasteiger partial charge in [-0.3, -0.25) is 9.59 Å². The Kier molecular flexibility index (Phi) is 14.9. The smallest absolute Gasteiger partial charge is 0.191 e. The van der Waals surface area contributed by atoms with E-state index in [0.29, 0.717) is 0 Å². The predicted molar refractivity (Wildman–Crippen MR) is 242 cm³/mol. The second-order valence-corrected chi connectivity index (χ2v) is 18.7. The number of thiophene rings is 2. The molecule has 0 aliphatic heterocycles. The number of allylic oxidation sites excluding steroid dienone is 4. The molecule has 2 aromatic carbocycles. The van der Waals surface area contributed by atoms with Gasteiger partial charge in [0.05, 0.1) is 5.92 Å². The Morgan fingerprint density at radius 2 is 1.05 bits per heavy atom. The first kappa shape index (κ1) is 40.8. The summed E-state index contributed by atoms with van der Waals surface area (Å²) >= 11 is 3.47. The number of unbranched alkanes of at least 4 members (excludes halogenated alkanes) is 18. The molecule has 3 aliphatic rings. The van der Waals surface area contributed by atoms with Gasteiger partial charge in [0.25, 0.3) is 0 Å². The van der Waals surface area contributed by atoms with Gasteiger partial charge in [0.1, 0.15) is 0 Å². The van der Waals surface area contributed by atoms with Crippen LogP contribution in [0.4, 0.5) is 0 Å². The molecule has 4 heteroatoms. The topological polar surface area (TPSA) is 34.1 Å². The summed E-state index contributed by atoms with van der Waals surface area (Å²) in [5.74, 6) is -0.200. The van der Waals surface area contributed by atoms with Crippen molar-refractivity contribution in [2.45, 2.75) is 167 Å². The van der Waals surface area contributed by atoms with E-state index >= 15 is 9.59 Å². The highest BCUT2D eigenvalue weighted by molar-refractivity contribution is 7.13. The van der Waals surface area contributed by atoms with Crippen LogP contribution in [-0.4, -0.2) is 11.6 Å². The average Bonchev–Trinajstić information content (AvgIpc) is 4.05. The molecule has 0 spiro atoms. The molecule has 0 bridgehead atoms. The fraction of sp³-hybridized carbons (Fsp3) is 0.500. The molecule has 3 aliphatic carbocycles. The van der Waals surface area contributed by atoms with E-state index in [2.05, 4.69) is 85.3 Å².